The van der Waals surface area contributed by atoms with Crippen LogP contribution in [0.5, 0.6) is 0 Å². The molecule has 0 saturated carbocycles. The summed E-state index contributed by atoms with van der Waals surface area (Å²) in [6.45, 7) is 3.88. The molecule has 0 aromatic heterocycles. The Labute approximate surface area is 138 Å². The molecule has 0 fully saturated rings. The quantitative estimate of drug-likeness (QED) is 0.471. The molecule has 0 saturated heterocycles. The van der Waals surface area contributed by atoms with Gasteiger partial charge in [0.25, 0.3) is 0 Å². The lowest BCUT2D eigenvalue weighted by molar-refractivity contribution is -0.136. The molecule has 0 radical (unpaired) electrons. The first kappa shape index (κ1) is 15.6. The molecule has 108 valence electrons. The highest BCUT2D eigenvalue weighted by atomic mass is 127. The average molecular weight is 393 g/mol. The first-order chi connectivity index (χ1) is 10.1. The minimum Gasteiger partial charge on any atom is -0.466 e. The van der Waals surface area contributed by atoms with Gasteiger partial charge in [0.05, 0.1) is 18.7 Å². The van der Waals surface area contributed by atoms with E-state index in [2.05, 4.69) is 34.5 Å². The summed E-state index contributed by atoms with van der Waals surface area (Å²) in [6, 6.07) is 17.4. The van der Waals surface area contributed by atoms with Crippen LogP contribution in [0.1, 0.15) is 11.6 Å². The zero-order valence-corrected chi connectivity index (χ0v) is 13.8. The number of halogens is 1. The third-order valence-electron chi connectivity index (χ3n) is 3.08. The molecule has 0 aliphatic carbocycles. The second kappa shape index (κ2) is 7.26. The SMILES string of the molecule is C=C(C(=O)OC)[C@H](Nc1ccc(I)cc1)c1ccccc1. The molecule has 1 atom stereocenters. The Morgan fingerprint density at radius 3 is 2.33 bits per heavy atom. The smallest absolute Gasteiger partial charge is 0.335 e. The lowest BCUT2D eigenvalue weighted by atomic mass is 9.99. The van der Waals surface area contributed by atoms with Crippen molar-refractivity contribution >= 4 is 34.2 Å². The van der Waals surface area contributed by atoms with Gasteiger partial charge in [-0.1, -0.05) is 36.9 Å². The minimum atomic E-state index is -0.415. The van der Waals surface area contributed by atoms with Crippen molar-refractivity contribution in [1.82, 2.24) is 0 Å². The lowest BCUT2D eigenvalue weighted by Gasteiger charge is -2.21. The van der Waals surface area contributed by atoms with Crippen LogP contribution < -0.4 is 5.32 Å². The molecule has 0 aliphatic rings. The maximum absolute atomic E-state index is 11.8. The summed E-state index contributed by atoms with van der Waals surface area (Å²) in [7, 11) is 1.36. The van der Waals surface area contributed by atoms with Gasteiger partial charge in [0, 0.05) is 9.26 Å². The summed E-state index contributed by atoms with van der Waals surface area (Å²) in [6.07, 6.45) is 0. The van der Waals surface area contributed by atoms with E-state index >= 15 is 0 Å². The van der Waals surface area contributed by atoms with E-state index in [0.29, 0.717) is 5.57 Å². The number of anilines is 1. The van der Waals surface area contributed by atoms with Crippen molar-refractivity contribution < 1.29 is 9.53 Å². The van der Waals surface area contributed by atoms with Gasteiger partial charge in [0.15, 0.2) is 0 Å². The molecule has 0 heterocycles. The van der Waals surface area contributed by atoms with Crippen LogP contribution in [-0.4, -0.2) is 13.1 Å². The molecular weight excluding hydrogens is 377 g/mol. The second-order valence-corrected chi connectivity index (χ2v) is 5.76. The molecule has 0 unspecified atom stereocenters. The number of hydrogen-bond donors (Lipinski definition) is 1. The van der Waals surface area contributed by atoms with Crippen molar-refractivity contribution in [3.05, 3.63) is 75.9 Å². The fourth-order valence-corrected chi connectivity index (χ4v) is 2.34. The molecule has 0 aliphatic heterocycles. The molecule has 0 spiro atoms. The Bertz CT molecular complexity index is 623. The van der Waals surface area contributed by atoms with Crippen molar-refractivity contribution in [2.75, 3.05) is 12.4 Å². The van der Waals surface area contributed by atoms with E-state index in [1.165, 1.54) is 7.11 Å². The molecule has 2 aromatic rings. The summed E-state index contributed by atoms with van der Waals surface area (Å²) < 4.78 is 5.95. The molecule has 0 amide bonds. The van der Waals surface area contributed by atoms with Crippen molar-refractivity contribution in [3.8, 4) is 0 Å². The largest absolute Gasteiger partial charge is 0.466 e. The van der Waals surface area contributed by atoms with E-state index in [-0.39, 0.29) is 6.04 Å². The number of esters is 1. The van der Waals surface area contributed by atoms with E-state index in [4.69, 9.17) is 4.74 Å². The topological polar surface area (TPSA) is 38.3 Å². The van der Waals surface area contributed by atoms with Gasteiger partial charge >= 0.3 is 5.97 Å². The van der Waals surface area contributed by atoms with E-state index < -0.39 is 5.97 Å². The van der Waals surface area contributed by atoms with Gasteiger partial charge in [-0.3, -0.25) is 0 Å². The number of ether oxygens (including phenoxy) is 1. The molecule has 3 nitrogen and oxygen atoms in total. The Balaban J connectivity index is 2.30. The monoisotopic (exact) mass is 393 g/mol. The minimum absolute atomic E-state index is 0.321. The number of nitrogens with one attached hydrogen (secondary N) is 1. The lowest BCUT2D eigenvalue weighted by Crippen LogP contribution is -2.19. The second-order valence-electron chi connectivity index (χ2n) is 4.51. The molecule has 21 heavy (non-hydrogen) atoms. The number of carbonyl (C=O) groups excluding carboxylic acids is 1. The van der Waals surface area contributed by atoms with Gasteiger partial charge in [0.1, 0.15) is 0 Å². The van der Waals surface area contributed by atoms with Crippen LogP contribution >= 0.6 is 22.6 Å². The Hall–Kier alpha value is -1.82. The van der Waals surface area contributed by atoms with Crippen molar-refractivity contribution in [2.24, 2.45) is 0 Å². The zero-order chi connectivity index (χ0) is 15.2. The summed E-state index contributed by atoms with van der Waals surface area (Å²) in [5.41, 5.74) is 2.27. The van der Waals surface area contributed by atoms with Crippen LogP contribution in [0.25, 0.3) is 0 Å². The van der Waals surface area contributed by atoms with Crippen molar-refractivity contribution in [2.45, 2.75) is 6.04 Å². The normalized spacial score (nSPS) is 11.5. The Morgan fingerprint density at radius 1 is 1.14 bits per heavy atom. The maximum Gasteiger partial charge on any atom is 0.335 e. The third kappa shape index (κ3) is 4.07. The van der Waals surface area contributed by atoms with Gasteiger partial charge in [-0.15, -0.1) is 0 Å². The van der Waals surface area contributed by atoms with Gasteiger partial charge in [-0.2, -0.15) is 0 Å². The van der Waals surface area contributed by atoms with Gasteiger partial charge < -0.3 is 10.1 Å². The predicted molar refractivity (Wildman–Crippen MR) is 93.1 cm³/mol. The fourth-order valence-electron chi connectivity index (χ4n) is 1.98. The molecule has 1 N–H and O–H groups in total. The Morgan fingerprint density at radius 2 is 1.76 bits per heavy atom. The summed E-state index contributed by atoms with van der Waals surface area (Å²) in [5.74, 6) is -0.415. The summed E-state index contributed by atoms with van der Waals surface area (Å²) in [5, 5.41) is 3.33. The highest BCUT2D eigenvalue weighted by molar-refractivity contribution is 14.1. The average Bonchev–Trinajstić information content (AvgIpc) is 2.53. The highest BCUT2D eigenvalue weighted by Crippen LogP contribution is 2.26. The van der Waals surface area contributed by atoms with Crippen molar-refractivity contribution in [1.29, 1.82) is 0 Å². The maximum atomic E-state index is 11.8. The van der Waals surface area contributed by atoms with Gasteiger partial charge in [0.2, 0.25) is 0 Å². The molecule has 0 bridgehead atoms. The van der Waals surface area contributed by atoms with Crippen LogP contribution in [0.4, 0.5) is 5.69 Å². The number of carbonyl (C=O) groups is 1. The Kier molecular flexibility index (Phi) is 5.38. The van der Waals surface area contributed by atoms with Crippen LogP contribution in [-0.2, 0) is 9.53 Å². The zero-order valence-electron chi connectivity index (χ0n) is 11.7. The van der Waals surface area contributed by atoms with Crippen LogP contribution in [0.3, 0.4) is 0 Å². The van der Waals surface area contributed by atoms with Gasteiger partial charge in [-0.25, -0.2) is 4.79 Å². The van der Waals surface area contributed by atoms with Crippen LogP contribution in [0.15, 0.2) is 66.7 Å². The van der Waals surface area contributed by atoms with E-state index in [1.54, 1.807) is 0 Å². The third-order valence-corrected chi connectivity index (χ3v) is 3.80. The molecule has 4 heteroatoms. The first-order valence-electron chi connectivity index (χ1n) is 6.46. The van der Waals surface area contributed by atoms with Crippen LogP contribution in [0.2, 0.25) is 0 Å². The standard InChI is InChI=1S/C17H16INO2/c1-12(17(20)21-2)16(13-6-4-3-5-7-13)19-15-10-8-14(18)9-11-15/h3-11,16,19H,1H2,2H3/t16-/m0/s1. The van der Waals surface area contributed by atoms with E-state index in [0.717, 1.165) is 14.8 Å². The van der Waals surface area contributed by atoms with E-state index in [1.807, 2.05) is 54.6 Å². The first-order valence-corrected chi connectivity index (χ1v) is 7.54. The molecular formula is C17H16INO2. The highest BCUT2D eigenvalue weighted by Gasteiger charge is 2.21. The molecule has 2 rings (SSSR count). The molecule has 2 aromatic carbocycles. The van der Waals surface area contributed by atoms with Crippen LogP contribution in [0, 0.1) is 3.57 Å². The van der Waals surface area contributed by atoms with Crippen molar-refractivity contribution in [3.63, 3.8) is 0 Å². The summed E-state index contributed by atoms with van der Waals surface area (Å²) in [4.78, 5) is 11.8. The fraction of sp³-hybridized carbons (Fsp3) is 0.118. The summed E-state index contributed by atoms with van der Waals surface area (Å²) >= 11 is 2.25. The number of hydrogen-bond acceptors (Lipinski definition) is 3. The number of benzene rings is 2. The number of methoxy groups -OCH3 is 1. The van der Waals surface area contributed by atoms with Gasteiger partial charge in [-0.05, 0) is 52.4 Å². The predicted octanol–water partition coefficient (Wildman–Crippen LogP) is 4.17. The van der Waals surface area contributed by atoms with E-state index in [9.17, 15) is 4.79 Å². The number of rotatable bonds is 5.